The number of benzene rings is 2. The summed E-state index contributed by atoms with van der Waals surface area (Å²) < 4.78 is 3.01. The first-order chi connectivity index (χ1) is 14.0. The first-order valence-electron chi connectivity index (χ1n) is 9.52. The van der Waals surface area contributed by atoms with Gasteiger partial charge in [-0.05, 0) is 43.7 Å². The monoisotopic (exact) mass is 386 g/mol. The number of fused-ring (bicyclic) bond motifs is 1. The van der Waals surface area contributed by atoms with E-state index in [9.17, 15) is 9.59 Å². The van der Waals surface area contributed by atoms with Gasteiger partial charge in [-0.15, -0.1) is 0 Å². The SMILES string of the molecule is Cc1ccc(-n2c(=O)n(CC(=O)N[C@H](C)c3ccccc3)c3cccnc32)cc1. The highest BCUT2D eigenvalue weighted by Gasteiger charge is 2.18. The number of nitrogens with zero attached hydrogens (tertiary/aromatic N) is 3. The Labute approximate surface area is 168 Å². The molecule has 146 valence electrons. The van der Waals surface area contributed by atoms with Crippen LogP contribution in [0.1, 0.15) is 24.1 Å². The average Bonchev–Trinajstić information content (AvgIpc) is 3.01. The van der Waals surface area contributed by atoms with Gasteiger partial charge in [0.25, 0.3) is 0 Å². The topological polar surface area (TPSA) is 68.9 Å². The van der Waals surface area contributed by atoms with Gasteiger partial charge in [-0.2, -0.15) is 0 Å². The molecular formula is C23H22N4O2. The van der Waals surface area contributed by atoms with Crippen LogP contribution in [0.15, 0.2) is 77.7 Å². The summed E-state index contributed by atoms with van der Waals surface area (Å²) in [7, 11) is 0. The van der Waals surface area contributed by atoms with Crippen molar-refractivity contribution < 1.29 is 4.79 Å². The van der Waals surface area contributed by atoms with Crippen LogP contribution >= 0.6 is 0 Å². The van der Waals surface area contributed by atoms with Gasteiger partial charge >= 0.3 is 5.69 Å². The van der Waals surface area contributed by atoms with Crippen LogP contribution in [0.25, 0.3) is 16.9 Å². The first kappa shape index (κ1) is 18.7. The second-order valence-electron chi connectivity index (χ2n) is 7.09. The Morgan fingerprint density at radius 1 is 1.03 bits per heavy atom. The fourth-order valence-electron chi connectivity index (χ4n) is 3.42. The lowest BCUT2D eigenvalue weighted by molar-refractivity contribution is -0.122. The highest BCUT2D eigenvalue weighted by Crippen LogP contribution is 2.16. The third-order valence-corrected chi connectivity index (χ3v) is 4.96. The molecule has 2 aromatic carbocycles. The lowest BCUT2D eigenvalue weighted by atomic mass is 10.1. The summed E-state index contributed by atoms with van der Waals surface area (Å²) in [4.78, 5) is 30.2. The zero-order valence-electron chi connectivity index (χ0n) is 16.4. The van der Waals surface area contributed by atoms with Crippen molar-refractivity contribution in [3.05, 3.63) is 94.5 Å². The molecule has 1 amide bonds. The molecule has 4 aromatic rings. The molecule has 2 heterocycles. The zero-order valence-corrected chi connectivity index (χ0v) is 16.4. The molecule has 0 spiro atoms. The van der Waals surface area contributed by atoms with E-state index in [2.05, 4.69) is 10.3 Å². The highest BCUT2D eigenvalue weighted by molar-refractivity contribution is 5.80. The number of hydrogen-bond donors (Lipinski definition) is 1. The molecule has 0 aliphatic heterocycles. The summed E-state index contributed by atoms with van der Waals surface area (Å²) in [6, 6.07) is 20.8. The third kappa shape index (κ3) is 3.69. The first-order valence-corrected chi connectivity index (χ1v) is 9.52. The Balaban J connectivity index is 1.67. The number of carbonyl (C=O) groups excluding carboxylic acids is 1. The quantitative estimate of drug-likeness (QED) is 0.572. The minimum atomic E-state index is -0.287. The molecule has 1 N–H and O–H groups in total. The van der Waals surface area contributed by atoms with Gasteiger partial charge in [-0.25, -0.2) is 14.3 Å². The number of aromatic nitrogens is 3. The van der Waals surface area contributed by atoms with Crippen LogP contribution in [0.2, 0.25) is 0 Å². The van der Waals surface area contributed by atoms with Gasteiger partial charge < -0.3 is 5.32 Å². The largest absolute Gasteiger partial charge is 0.348 e. The number of amides is 1. The smallest absolute Gasteiger partial charge is 0.335 e. The summed E-state index contributed by atoms with van der Waals surface area (Å²) in [5, 5.41) is 2.96. The Kier molecular flexibility index (Phi) is 4.99. The number of rotatable bonds is 5. The Bertz CT molecular complexity index is 1210. The second kappa shape index (κ2) is 7.75. The number of imidazole rings is 1. The van der Waals surface area contributed by atoms with Crippen molar-refractivity contribution in [2.24, 2.45) is 0 Å². The number of aryl methyl sites for hydroxylation is 1. The van der Waals surface area contributed by atoms with E-state index >= 15 is 0 Å². The van der Waals surface area contributed by atoms with Crippen LogP contribution < -0.4 is 11.0 Å². The predicted molar refractivity (Wildman–Crippen MR) is 113 cm³/mol. The highest BCUT2D eigenvalue weighted by atomic mass is 16.2. The second-order valence-corrected chi connectivity index (χ2v) is 7.09. The van der Waals surface area contributed by atoms with Crippen LogP contribution in [-0.2, 0) is 11.3 Å². The molecule has 1 atom stereocenters. The Hall–Kier alpha value is -3.67. The molecular weight excluding hydrogens is 364 g/mol. The lowest BCUT2D eigenvalue weighted by Gasteiger charge is -2.14. The summed E-state index contributed by atoms with van der Waals surface area (Å²) in [6.45, 7) is 3.84. The van der Waals surface area contributed by atoms with Crippen molar-refractivity contribution in [1.82, 2.24) is 19.4 Å². The predicted octanol–water partition coefficient (Wildman–Crippen LogP) is 3.37. The van der Waals surface area contributed by atoms with Gasteiger partial charge in [-0.3, -0.25) is 9.36 Å². The van der Waals surface area contributed by atoms with E-state index in [1.165, 1.54) is 4.57 Å². The summed E-state index contributed by atoms with van der Waals surface area (Å²) in [6.07, 6.45) is 1.65. The van der Waals surface area contributed by atoms with E-state index in [1.807, 2.05) is 74.5 Å². The van der Waals surface area contributed by atoms with E-state index in [0.717, 1.165) is 16.8 Å². The standard InChI is InChI=1S/C23H22N4O2/c1-16-10-12-19(13-11-16)27-22-20(9-6-14-24-22)26(23(27)29)15-21(28)25-17(2)18-7-4-3-5-8-18/h3-14,17H,15H2,1-2H3,(H,25,28)/t17-/m1/s1. The molecule has 0 unspecified atom stereocenters. The lowest BCUT2D eigenvalue weighted by Crippen LogP contribution is -2.34. The Morgan fingerprint density at radius 3 is 2.48 bits per heavy atom. The molecule has 0 fully saturated rings. The number of nitrogens with one attached hydrogen (secondary N) is 1. The fraction of sp³-hybridized carbons (Fsp3) is 0.174. The molecule has 0 saturated carbocycles. The maximum Gasteiger partial charge on any atom is 0.335 e. The van der Waals surface area contributed by atoms with Crippen molar-refractivity contribution in [2.75, 3.05) is 0 Å². The summed E-state index contributed by atoms with van der Waals surface area (Å²) >= 11 is 0. The maximum atomic E-state index is 13.2. The van der Waals surface area contributed by atoms with Crippen LogP contribution in [0.4, 0.5) is 0 Å². The molecule has 4 rings (SSSR count). The number of hydrogen-bond acceptors (Lipinski definition) is 3. The van der Waals surface area contributed by atoms with Gasteiger partial charge in [0, 0.05) is 6.20 Å². The van der Waals surface area contributed by atoms with E-state index in [1.54, 1.807) is 16.8 Å². The third-order valence-electron chi connectivity index (χ3n) is 4.96. The van der Waals surface area contributed by atoms with Crippen LogP contribution in [-0.4, -0.2) is 20.0 Å². The average molecular weight is 386 g/mol. The van der Waals surface area contributed by atoms with Crippen molar-refractivity contribution in [1.29, 1.82) is 0 Å². The fourth-order valence-corrected chi connectivity index (χ4v) is 3.42. The molecule has 29 heavy (non-hydrogen) atoms. The molecule has 6 nitrogen and oxygen atoms in total. The van der Waals surface area contributed by atoms with Crippen molar-refractivity contribution in [3.8, 4) is 5.69 Å². The minimum Gasteiger partial charge on any atom is -0.348 e. The summed E-state index contributed by atoms with van der Waals surface area (Å²) in [5.41, 5.74) is 3.71. The van der Waals surface area contributed by atoms with Crippen molar-refractivity contribution in [2.45, 2.75) is 26.4 Å². The van der Waals surface area contributed by atoms with E-state index in [-0.39, 0.29) is 24.2 Å². The van der Waals surface area contributed by atoms with Gasteiger partial charge in [0.05, 0.1) is 17.2 Å². The van der Waals surface area contributed by atoms with E-state index in [0.29, 0.717) is 11.2 Å². The number of carbonyl (C=O) groups is 1. The number of pyridine rings is 1. The van der Waals surface area contributed by atoms with Crippen LogP contribution in [0.3, 0.4) is 0 Å². The van der Waals surface area contributed by atoms with Crippen LogP contribution in [0, 0.1) is 6.92 Å². The van der Waals surface area contributed by atoms with Gasteiger partial charge in [0.1, 0.15) is 6.54 Å². The van der Waals surface area contributed by atoms with E-state index < -0.39 is 0 Å². The van der Waals surface area contributed by atoms with Crippen molar-refractivity contribution >= 4 is 17.1 Å². The molecule has 0 saturated heterocycles. The van der Waals surface area contributed by atoms with Gasteiger partial charge in [0.15, 0.2) is 5.65 Å². The van der Waals surface area contributed by atoms with E-state index in [4.69, 9.17) is 0 Å². The molecule has 0 bridgehead atoms. The van der Waals surface area contributed by atoms with Gasteiger partial charge in [0.2, 0.25) is 5.91 Å². The molecule has 2 aromatic heterocycles. The normalized spacial score (nSPS) is 12.1. The zero-order chi connectivity index (χ0) is 20.4. The van der Waals surface area contributed by atoms with Crippen LogP contribution in [0.5, 0.6) is 0 Å². The molecule has 0 aliphatic rings. The van der Waals surface area contributed by atoms with Crippen molar-refractivity contribution in [3.63, 3.8) is 0 Å². The molecule has 0 aliphatic carbocycles. The Morgan fingerprint density at radius 2 is 1.76 bits per heavy atom. The maximum absolute atomic E-state index is 13.2. The molecule has 0 radical (unpaired) electrons. The molecule has 6 heteroatoms. The van der Waals surface area contributed by atoms with Gasteiger partial charge in [-0.1, -0.05) is 48.0 Å². The summed E-state index contributed by atoms with van der Waals surface area (Å²) in [5.74, 6) is -0.227. The minimum absolute atomic E-state index is 0.0724.